The molecular formula is C35H49NO5. The molecular weight excluding hydrogens is 514 g/mol. The van der Waals surface area contributed by atoms with Crippen molar-refractivity contribution in [2.24, 2.45) is 11.8 Å². The molecule has 2 aliphatic rings. The van der Waals surface area contributed by atoms with Gasteiger partial charge in [-0.15, -0.1) is 0 Å². The predicted molar refractivity (Wildman–Crippen MR) is 162 cm³/mol. The second-order valence-corrected chi connectivity index (χ2v) is 12.1. The van der Waals surface area contributed by atoms with Crippen LogP contribution in [0.3, 0.4) is 0 Å². The van der Waals surface area contributed by atoms with Gasteiger partial charge in [-0.1, -0.05) is 69.9 Å². The minimum atomic E-state index is -0.771. The molecule has 2 atom stereocenters. The lowest BCUT2D eigenvalue weighted by molar-refractivity contribution is -0.123. The minimum absolute atomic E-state index is 0.0633. The second kappa shape index (κ2) is 16.5. The van der Waals surface area contributed by atoms with Gasteiger partial charge in [0.1, 0.15) is 11.5 Å². The summed E-state index contributed by atoms with van der Waals surface area (Å²) in [4.78, 5) is 25.4. The van der Waals surface area contributed by atoms with E-state index in [2.05, 4.69) is 5.32 Å². The van der Waals surface area contributed by atoms with E-state index in [1.54, 1.807) is 31.4 Å². The smallest absolute Gasteiger partial charge is 0.220 e. The number of Topliss-reactive ketones (excluding diaryl/α,β-unsaturated/α-hetero) is 1. The third-order valence-corrected chi connectivity index (χ3v) is 9.00. The third-order valence-electron chi connectivity index (χ3n) is 9.00. The second-order valence-electron chi connectivity index (χ2n) is 12.1. The normalized spacial score (nSPS) is 17.6. The van der Waals surface area contributed by atoms with Crippen LogP contribution in [0.2, 0.25) is 0 Å². The predicted octanol–water partition coefficient (Wildman–Crippen LogP) is 7.59. The summed E-state index contributed by atoms with van der Waals surface area (Å²) in [5.41, 5.74) is 1.47. The van der Waals surface area contributed by atoms with Crippen LogP contribution < -0.4 is 14.8 Å². The number of methoxy groups -OCH3 is 1. The molecule has 0 bridgehead atoms. The van der Waals surface area contributed by atoms with Crippen molar-refractivity contribution in [3.63, 3.8) is 0 Å². The number of ketones is 1. The summed E-state index contributed by atoms with van der Waals surface area (Å²) in [7, 11) is 1.60. The maximum atomic E-state index is 12.9. The molecule has 6 nitrogen and oxygen atoms in total. The minimum Gasteiger partial charge on any atom is -0.497 e. The van der Waals surface area contributed by atoms with Gasteiger partial charge < -0.3 is 19.9 Å². The highest BCUT2D eigenvalue weighted by Gasteiger charge is 2.28. The zero-order chi connectivity index (χ0) is 28.9. The summed E-state index contributed by atoms with van der Waals surface area (Å²) in [6, 6.07) is 14.5. The Morgan fingerprint density at radius 3 is 2.12 bits per heavy atom. The quantitative estimate of drug-likeness (QED) is 0.162. The molecule has 4 rings (SSSR count). The summed E-state index contributed by atoms with van der Waals surface area (Å²) in [5, 5.41) is 14.5. The fourth-order valence-corrected chi connectivity index (χ4v) is 6.46. The number of hydrogen-bond acceptors (Lipinski definition) is 5. The number of ether oxygens (including phenoxy) is 2. The van der Waals surface area contributed by atoms with Crippen molar-refractivity contribution in [1.29, 1.82) is 0 Å². The summed E-state index contributed by atoms with van der Waals surface area (Å²) in [6.07, 6.45) is 14.6. The Kier molecular flexibility index (Phi) is 12.5. The Morgan fingerprint density at radius 1 is 0.829 bits per heavy atom. The molecule has 2 aromatic rings. The number of aliphatic hydroxyl groups excluding tert-OH is 1. The molecule has 2 saturated carbocycles. The lowest BCUT2D eigenvalue weighted by Gasteiger charge is -2.27. The molecule has 224 valence electrons. The van der Waals surface area contributed by atoms with E-state index in [0.717, 1.165) is 55.3 Å². The van der Waals surface area contributed by atoms with Gasteiger partial charge in [-0.2, -0.15) is 0 Å². The summed E-state index contributed by atoms with van der Waals surface area (Å²) in [6.45, 7) is 0.735. The third kappa shape index (κ3) is 10.2. The molecule has 0 spiro atoms. The van der Waals surface area contributed by atoms with E-state index in [4.69, 9.17) is 9.47 Å². The van der Waals surface area contributed by atoms with Crippen LogP contribution in [0, 0.1) is 11.8 Å². The van der Waals surface area contributed by atoms with Gasteiger partial charge in [0, 0.05) is 18.4 Å². The summed E-state index contributed by atoms with van der Waals surface area (Å²) < 4.78 is 11.2. The number of amides is 1. The fourth-order valence-electron chi connectivity index (χ4n) is 6.46. The molecule has 1 amide bonds. The standard InChI is InChI=1S/C35H49NO5/c1-40-30-19-15-28(16-20-30)33(37)13-7-8-14-34(38)36-32(25-27-11-5-6-12-27)35(39)29-17-21-31(22-18-29)41-24-23-26-9-3-2-4-10-26/h15-22,26-27,32,35,39H,2-14,23-25H2,1H3,(H,36,38). The topological polar surface area (TPSA) is 84.9 Å². The van der Waals surface area contributed by atoms with E-state index in [1.807, 2.05) is 24.3 Å². The number of benzene rings is 2. The van der Waals surface area contributed by atoms with E-state index in [1.165, 1.54) is 44.9 Å². The highest BCUT2D eigenvalue weighted by Crippen LogP contribution is 2.32. The highest BCUT2D eigenvalue weighted by atomic mass is 16.5. The van der Waals surface area contributed by atoms with Crippen LogP contribution in [0.5, 0.6) is 11.5 Å². The lowest BCUT2D eigenvalue weighted by atomic mass is 9.87. The molecule has 2 aliphatic carbocycles. The van der Waals surface area contributed by atoms with E-state index in [0.29, 0.717) is 37.2 Å². The molecule has 2 aromatic carbocycles. The SMILES string of the molecule is COc1ccc(C(=O)CCCCC(=O)NC(CC2CCCC2)C(O)c2ccc(OCCC3CCCCC3)cc2)cc1. The van der Waals surface area contributed by atoms with Crippen molar-refractivity contribution in [2.45, 2.75) is 108 Å². The monoisotopic (exact) mass is 563 g/mol. The summed E-state index contributed by atoms with van der Waals surface area (Å²) in [5.74, 6) is 2.88. The number of nitrogens with one attached hydrogen (secondary N) is 1. The van der Waals surface area contributed by atoms with E-state index in [9.17, 15) is 14.7 Å². The lowest BCUT2D eigenvalue weighted by Crippen LogP contribution is -2.40. The zero-order valence-corrected chi connectivity index (χ0v) is 24.8. The van der Waals surface area contributed by atoms with E-state index >= 15 is 0 Å². The number of hydrogen-bond donors (Lipinski definition) is 2. The van der Waals surface area contributed by atoms with Gasteiger partial charge in [-0.05, 0) is 79.5 Å². The Labute approximate surface area is 246 Å². The average molecular weight is 564 g/mol. The highest BCUT2D eigenvalue weighted by molar-refractivity contribution is 5.96. The maximum absolute atomic E-state index is 12.9. The van der Waals surface area contributed by atoms with Crippen LogP contribution >= 0.6 is 0 Å². The molecule has 0 radical (unpaired) electrons. The maximum Gasteiger partial charge on any atom is 0.220 e. The van der Waals surface area contributed by atoms with Gasteiger partial charge >= 0.3 is 0 Å². The molecule has 2 N–H and O–H groups in total. The number of unbranched alkanes of at least 4 members (excludes halogenated alkanes) is 1. The summed E-state index contributed by atoms with van der Waals surface area (Å²) >= 11 is 0. The van der Waals surface area contributed by atoms with Crippen LogP contribution in [0.1, 0.15) is 118 Å². The van der Waals surface area contributed by atoms with Gasteiger partial charge in [0.05, 0.1) is 25.9 Å². The van der Waals surface area contributed by atoms with Crippen molar-refractivity contribution >= 4 is 11.7 Å². The van der Waals surface area contributed by atoms with E-state index in [-0.39, 0.29) is 17.7 Å². The van der Waals surface area contributed by atoms with Crippen LogP contribution in [0.4, 0.5) is 0 Å². The van der Waals surface area contributed by atoms with Crippen LogP contribution in [0.15, 0.2) is 48.5 Å². The largest absolute Gasteiger partial charge is 0.497 e. The molecule has 0 aromatic heterocycles. The first-order chi connectivity index (χ1) is 20.0. The first-order valence-corrected chi connectivity index (χ1v) is 15.9. The Balaban J connectivity index is 1.24. The van der Waals surface area contributed by atoms with Crippen LogP contribution in [0.25, 0.3) is 0 Å². The van der Waals surface area contributed by atoms with Crippen LogP contribution in [-0.2, 0) is 4.79 Å². The van der Waals surface area contributed by atoms with Crippen molar-refractivity contribution in [3.05, 3.63) is 59.7 Å². The molecule has 0 heterocycles. The molecule has 6 heteroatoms. The Hall–Kier alpha value is -2.86. The van der Waals surface area contributed by atoms with Crippen molar-refractivity contribution in [2.75, 3.05) is 13.7 Å². The van der Waals surface area contributed by atoms with E-state index < -0.39 is 6.10 Å². The molecule has 2 fully saturated rings. The number of rotatable bonds is 16. The Morgan fingerprint density at radius 2 is 1.44 bits per heavy atom. The molecule has 0 saturated heterocycles. The molecule has 2 unspecified atom stereocenters. The first kappa shape index (κ1) is 31.1. The zero-order valence-electron chi connectivity index (χ0n) is 24.8. The Bertz CT molecular complexity index is 1050. The fraction of sp³-hybridized carbons (Fsp3) is 0.600. The first-order valence-electron chi connectivity index (χ1n) is 15.9. The van der Waals surface area contributed by atoms with Crippen molar-refractivity contribution in [1.82, 2.24) is 5.32 Å². The number of carbonyl (C=O) groups excluding carboxylic acids is 2. The van der Waals surface area contributed by atoms with Crippen LogP contribution in [-0.4, -0.2) is 36.6 Å². The molecule has 0 aliphatic heterocycles. The average Bonchev–Trinajstić information content (AvgIpc) is 3.53. The van der Waals surface area contributed by atoms with Gasteiger partial charge in [-0.3, -0.25) is 9.59 Å². The van der Waals surface area contributed by atoms with Gasteiger partial charge in [-0.25, -0.2) is 0 Å². The van der Waals surface area contributed by atoms with Crippen molar-refractivity contribution in [3.8, 4) is 11.5 Å². The van der Waals surface area contributed by atoms with Gasteiger partial charge in [0.15, 0.2) is 5.78 Å². The number of aliphatic hydroxyl groups is 1. The number of carbonyl (C=O) groups is 2. The van der Waals surface area contributed by atoms with Crippen molar-refractivity contribution < 1.29 is 24.2 Å². The molecule has 41 heavy (non-hydrogen) atoms. The van der Waals surface area contributed by atoms with Gasteiger partial charge in [0.2, 0.25) is 5.91 Å². The van der Waals surface area contributed by atoms with Gasteiger partial charge in [0.25, 0.3) is 0 Å².